The zero-order valence-electron chi connectivity index (χ0n) is 6.69. The van der Waals surface area contributed by atoms with Gasteiger partial charge in [-0.25, -0.2) is 0 Å². The fourth-order valence-electron chi connectivity index (χ4n) is 0.768. The van der Waals surface area contributed by atoms with Crippen LogP contribution in [0.5, 0.6) is 0 Å². The lowest BCUT2D eigenvalue weighted by Gasteiger charge is -1.99. The molecule has 1 heterocycles. The number of rotatable bonds is 4. The summed E-state index contributed by atoms with van der Waals surface area (Å²) in [5, 5.41) is 18.4. The summed E-state index contributed by atoms with van der Waals surface area (Å²) in [4.78, 5) is 10.1. The minimum atomic E-state index is -0.870. The molecule has 12 heavy (non-hydrogen) atoms. The van der Waals surface area contributed by atoms with Crippen LogP contribution >= 0.6 is 0 Å². The van der Waals surface area contributed by atoms with Crippen molar-refractivity contribution in [3.63, 3.8) is 0 Å². The Morgan fingerprint density at radius 2 is 2.58 bits per heavy atom. The van der Waals surface area contributed by atoms with Gasteiger partial charge in [0.1, 0.15) is 0 Å². The third-order valence-electron chi connectivity index (χ3n) is 1.39. The second-order valence-electron chi connectivity index (χ2n) is 2.35. The van der Waals surface area contributed by atoms with Crippen LogP contribution in [0.25, 0.3) is 0 Å². The molecule has 0 atom stereocenters. The lowest BCUT2D eigenvalue weighted by Crippen LogP contribution is -2.23. The molecule has 2 N–H and O–H groups in total. The molecule has 0 unspecified atom stereocenters. The Kier molecular flexibility index (Phi) is 2.76. The van der Waals surface area contributed by atoms with Crippen LogP contribution in [0.2, 0.25) is 0 Å². The zero-order chi connectivity index (χ0) is 8.97. The van der Waals surface area contributed by atoms with Crippen LogP contribution in [-0.4, -0.2) is 32.6 Å². The molecule has 0 aliphatic rings. The smallest absolute Gasteiger partial charge is 0.317 e. The van der Waals surface area contributed by atoms with Gasteiger partial charge in [-0.15, -0.1) is 5.10 Å². The summed E-state index contributed by atoms with van der Waals surface area (Å²) < 4.78 is 1.59. The predicted octanol–water partition coefficient (Wildman–Crippen LogP) is -1.01. The molecule has 0 aromatic carbocycles. The van der Waals surface area contributed by atoms with Crippen LogP contribution in [-0.2, 0) is 18.4 Å². The molecule has 1 aromatic rings. The van der Waals surface area contributed by atoms with Crippen molar-refractivity contribution in [1.82, 2.24) is 20.3 Å². The number of aliphatic carboxylic acids is 1. The van der Waals surface area contributed by atoms with Gasteiger partial charge in [-0.1, -0.05) is 5.21 Å². The van der Waals surface area contributed by atoms with Gasteiger partial charge >= 0.3 is 5.97 Å². The van der Waals surface area contributed by atoms with Crippen molar-refractivity contribution < 1.29 is 9.90 Å². The summed E-state index contributed by atoms with van der Waals surface area (Å²) >= 11 is 0. The van der Waals surface area contributed by atoms with Crippen LogP contribution in [0.3, 0.4) is 0 Å². The third-order valence-corrected chi connectivity index (χ3v) is 1.39. The van der Waals surface area contributed by atoms with Gasteiger partial charge in [0.15, 0.2) is 0 Å². The molecule has 0 aliphatic heterocycles. The monoisotopic (exact) mass is 170 g/mol. The summed E-state index contributed by atoms with van der Waals surface area (Å²) in [6.45, 7) is 0.418. The van der Waals surface area contributed by atoms with E-state index in [0.717, 1.165) is 5.69 Å². The molecular weight excluding hydrogens is 160 g/mol. The first-order valence-electron chi connectivity index (χ1n) is 3.46. The van der Waals surface area contributed by atoms with Crippen molar-refractivity contribution in [2.24, 2.45) is 7.05 Å². The van der Waals surface area contributed by atoms with Gasteiger partial charge in [0.05, 0.1) is 18.4 Å². The van der Waals surface area contributed by atoms with Crippen molar-refractivity contribution in [2.75, 3.05) is 6.54 Å². The van der Waals surface area contributed by atoms with Gasteiger partial charge in [0.25, 0.3) is 0 Å². The van der Waals surface area contributed by atoms with Gasteiger partial charge < -0.3 is 10.4 Å². The Labute approximate surface area is 69.2 Å². The molecule has 66 valence electrons. The average molecular weight is 170 g/mol. The van der Waals surface area contributed by atoms with Crippen molar-refractivity contribution >= 4 is 5.97 Å². The van der Waals surface area contributed by atoms with Gasteiger partial charge in [-0.2, -0.15) is 0 Å². The number of nitrogens with zero attached hydrogens (tertiary/aromatic N) is 3. The maximum absolute atomic E-state index is 10.1. The van der Waals surface area contributed by atoms with E-state index in [0.29, 0.717) is 6.54 Å². The van der Waals surface area contributed by atoms with Crippen LogP contribution in [0.15, 0.2) is 6.20 Å². The van der Waals surface area contributed by atoms with Gasteiger partial charge in [0, 0.05) is 13.6 Å². The fourth-order valence-corrected chi connectivity index (χ4v) is 0.768. The number of aryl methyl sites for hydroxylation is 1. The van der Waals surface area contributed by atoms with E-state index in [2.05, 4.69) is 15.6 Å². The number of hydrogen-bond acceptors (Lipinski definition) is 4. The lowest BCUT2D eigenvalue weighted by atomic mass is 10.4. The number of carboxylic acids is 1. The van der Waals surface area contributed by atoms with E-state index in [1.165, 1.54) is 0 Å². The van der Waals surface area contributed by atoms with Crippen molar-refractivity contribution in [3.05, 3.63) is 11.9 Å². The summed E-state index contributed by atoms with van der Waals surface area (Å²) in [7, 11) is 1.75. The SMILES string of the molecule is Cn1nncc1CNCC(=O)O. The molecule has 0 radical (unpaired) electrons. The van der Waals surface area contributed by atoms with E-state index in [1.807, 2.05) is 0 Å². The molecule has 0 saturated carbocycles. The molecule has 6 heteroatoms. The minimum Gasteiger partial charge on any atom is -0.480 e. The molecule has 0 saturated heterocycles. The standard InChI is InChI=1S/C6H10N4O2/c1-10-5(3-8-9-10)2-7-4-6(11)12/h3,7H,2,4H2,1H3,(H,11,12). The first-order chi connectivity index (χ1) is 5.70. The van der Waals surface area contributed by atoms with Crippen LogP contribution in [0.4, 0.5) is 0 Å². The van der Waals surface area contributed by atoms with Crippen LogP contribution < -0.4 is 5.32 Å². The van der Waals surface area contributed by atoms with Crippen molar-refractivity contribution in [2.45, 2.75) is 6.54 Å². The van der Waals surface area contributed by atoms with Gasteiger partial charge in [0.2, 0.25) is 0 Å². The average Bonchev–Trinajstić information content (AvgIpc) is 2.36. The maximum Gasteiger partial charge on any atom is 0.317 e. The van der Waals surface area contributed by atoms with Crippen LogP contribution in [0, 0.1) is 0 Å². The van der Waals surface area contributed by atoms with E-state index in [-0.39, 0.29) is 6.54 Å². The molecule has 6 nitrogen and oxygen atoms in total. The first kappa shape index (κ1) is 8.66. The molecule has 0 bridgehead atoms. The van der Waals surface area contributed by atoms with Crippen molar-refractivity contribution in [1.29, 1.82) is 0 Å². The Morgan fingerprint density at radius 1 is 1.83 bits per heavy atom. The topological polar surface area (TPSA) is 80.0 Å². The van der Waals surface area contributed by atoms with E-state index in [4.69, 9.17) is 5.11 Å². The summed E-state index contributed by atoms with van der Waals surface area (Å²) in [5.41, 5.74) is 0.858. The van der Waals surface area contributed by atoms with Crippen molar-refractivity contribution in [3.8, 4) is 0 Å². The Balaban J connectivity index is 2.33. The molecule has 1 rings (SSSR count). The second kappa shape index (κ2) is 3.82. The maximum atomic E-state index is 10.1. The second-order valence-corrected chi connectivity index (χ2v) is 2.35. The molecule has 0 amide bonds. The molecule has 0 fully saturated rings. The van der Waals surface area contributed by atoms with E-state index < -0.39 is 5.97 Å². The number of nitrogens with one attached hydrogen (secondary N) is 1. The fraction of sp³-hybridized carbons (Fsp3) is 0.500. The highest BCUT2D eigenvalue weighted by Gasteiger charge is 2.00. The molecular formula is C6H10N4O2. The largest absolute Gasteiger partial charge is 0.480 e. The minimum absolute atomic E-state index is 0.0504. The first-order valence-corrected chi connectivity index (χ1v) is 3.46. The Morgan fingerprint density at radius 3 is 3.08 bits per heavy atom. The number of carbonyl (C=O) groups is 1. The molecule has 0 spiro atoms. The van der Waals surface area contributed by atoms with E-state index in [9.17, 15) is 4.79 Å². The van der Waals surface area contributed by atoms with Gasteiger partial charge in [-0.3, -0.25) is 9.48 Å². The number of aromatic nitrogens is 3. The number of carboxylic acid groups (broad SMARTS) is 1. The highest BCUT2D eigenvalue weighted by molar-refractivity contribution is 5.68. The lowest BCUT2D eigenvalue weighted by molar-refractivity contribution is -0.136. The highest BCUT2D eigenvalue weighted by atomic mass is 16.4. The van der Waals surface area contributed by atoms with E-state index in [1.54, 1.807) is 17.9 Å². The highest BCUT2D eigenvalue weighted by Crippen LogP contribution is 1.90. The Bertz CT molecular complexity index is 270. The number of hydrogen-bond donors (Lipinski definition) is 2. The predicted molar refractivity (Wildman–Crippen MR) is 40.3 cm³/mol. The zero-order valence-corrected chi connectivity index (χ0v) is 6.69. The normalized spacial score (nSPS) is 10.1. The van der Waals surface area contributed by atoms with Crippen LogP contribution in [0.1, 0.15) is 5.69 Å². The molecule has 1 aromatic heterocycles. The van der Waals surface area contributed by atoms with Gasteiger partial charge in [-0.05, 0) is 0 Å². The summed E-state index contributed by atoms with van der Waals surface area (Å²) in [5.74, 6) is -0.870. The third kappa shape index (κ3) is 2.31. The summed E-state index contributed by atoms with van der Waals surface area (Å²) in [6, 6.07) is 0. The molecule has 0 aliphatic carbocycles. The summed E-state index contributed by atoms with van der Waals surface area (Å²) in [6.07, 6.45) is 1.59. The quantitative estimate of drug-likeness (QED) is 0.605. The Hall–Kier alpha value is -1.43. The van der Waals surface area contributed by atoms with E-state index >= 15 is 0 Å².